The largest absolute Gasteiger partial charge is 0.508 e. The van der Waals surface area contributed by atoms with Gasteiger partial charge in [0, 0.05) is 23.0 Å². The summed E-state index contributed by atoms with van der Waals surface area (Å²) in [7, 11) is 0. The summed E-state index contributed by atoms with van der Waals surface area (Å²) in [5.74, 6) is 0.539. The van der Waals surface area contributed by atoms with Crippen molar-refractivity contribution in [1.82, 2.24) is 9.55 Å². The molecule has 3 aromatic rings. The molecule has 0 aliphatic carbocycles. The molecule has 0 spiro atoms. The third-order valence-corrected chi connectivity index (χ3v) is 4.37. The van der Waals surface area contributed by atoms with E-state index in [9.17, 15) is 9.90 Å². The summed E-state index contributed by atoms with van der Waals surface area (Å²) < 4.78 is 1.81. The first-order chi connectivity index (χ1) is 11.6. The Morgan fingerprint density at radius 3 is 2.83 bits per heavy atom. The van der Waals surface area contributed by atoms with Gasteiger partial charge in [-0.25, -0.2) is 4.98 Å². The van der Waals surface area contributed by atoms with E-state index in [2.05, 4.69) is 10.3 Å². The monoisotopic (exact) mass is 339 g/mol. The molecule has 5 nitrogen and oxygen atoms in total. The molecule has 0 radical (unpaired) electrons. The second-order valence-corrected chi connectivity index (χ2v) is 6.16. The van der Waals surface area contributed by atoms with Crippen LogP contribution in [0.3, 0.4) is 0 Å². The molecule has 1 aromatic heterocycles. The minimum Gasteiger partial charge on any atom is -0.508 e. The van der Waals surface area contributed by atoms with Gasteiger partial charge in [-0.2, -0.15) is 0 Å². The normalized spacial score (nSPS) is 16.5. The zero-order valence-corrected chi connectivity index (χ0v) is 13.4. The number of anilines is 1. The van der Waals surface area contributed by atoms with E-state index in [0.717, 1.165) is 16.9 Å². The number of nitrogens with one attached hydrogen (secondary N) is 1. The number of rotatable bonds is 2. The molecule has 2 N–H and O–H groups in total. The average molecular weight is 340 g/mol. The molecule has 0 bridgehead atoms. The number of carbonyl (C=O) groups excluding carboxylic acids is 1. The maximum atomic E-state index is 12.2. The van der Waals surface area contributed by atoms with Crippen LogP contribution >= 0.6 is 11.6 Å². The van der Waals surface area contributed by atoms with Crippen LogP contribution in [-0.2, 0) is 4.79 Å². The first-order valence-electron chi connectivity index (χ1n) is 7.54. The van der Waals surface area contributed by atoms with Gasteiger partial charge >= 0.3 is 0 Å². The molecule has 24 heavy (non-hydrogen) atoms. The molecular formula is C18H14ClN3O2. The van der Waals surface area contributed by atoms with E-state index in [1.165, 1.54) is 0 Å². The standard InChI is InChI=1S/C18H14ClN3O2/c19-12-4-2-5-13(8-12)22-10-20-17-15(9-16(24)21-18(17)22)11-3-1-6-14(23)7-11/h1-8,10,15,23H,9H2,(H,21,24)/t15-/m0/s1. The van der Waals surface area contributed by atoms with E-state index in [1.807, 2.05) is 28.8 Å². The minimum absolute atomic E-state index is 0.0837. The van der Waals surface area contributed by atoms with Crippen LogP contribution < -0.4 is 5.32 Å². The first kappa shape index (κ1) is 14.8. The maximum absolute atomic E-state index is 12.2. The molecule has 4 rings (SSSR count). The van der Waals surface area contributed by atoms with Crippen LogP contribution in [-0.4, -0.2) is 20.6 Å². The number of aromatic hydroxyl groups is 1. The highest BCUT2D eigenvalue weighted by molar-refractivity contribution is 6.30. The number of imidazole rings is 1. The molecule has 2 heterocycles. The highest BCUT2D eigenvalue weighted by Gasteiger charge is 2.31. The lowest BCUT2D eigenvalue weighted by Gasteiger charge is -2.23. The number of fused-ring (bicyclic) bond motifs is 1. The topological polar surface area (TPSA) is 67.1 Å². The van der Waals surface area contributed by atoms with Gasteiger partial charge in [-0.3, -0.25) is 9.36 Å². The van der Waals surface area contributed by atoms with Crippen molar-refractivity contribution >= 4 is 23.3 Å². The number of halogens is 1. The lowest BCUT2D eigenvalue weighted by molar-refractivity contribution is -0.116. The molecule has 1 aliphatic heterocycles. The van der Waals surface area contributed by atoms with E-state index in [1.54, 1.807) is 30.6 Å². The summed E-state index contributed by atoms with van der Waals surface area (Å²) >= 11 is 6.07. The van der Waals surface area contributed by atoms with E-state index >= 15 is 0 Å². The Morgan fingerprint density at radius 2 is 2.04 bits per heavy atom. The Balaban J connectivity index is 1.83. The minimum atomic E-state index is -0.193. The fourth-order valence-corrected chi connectivity index (χ4v) is 3.23. The second kappa shape index (κ2) is 5.69. The third-order valence-electron chi connectivity index (χ3n) is 4.13. The predicted octanol–water partition coefficient (Wildman–Crippen LogP) is 3.71. The maximum Gasteiger partial charge on any atom is 0.226 e. The van der Waals surface area contributed by atoms with Gasteiger partial charge in [-0.05, 0) is 35.9 Å². The smallest absolute Gasteiger partial charge is 0.226 e. The molecule has 1 amide bonds. The number of benzene rings is 2. The summed E-state index contributed by atoms with van der Waals surface area (Å²) in [6.45, 7) is 0. The van der Waals surface area contributed by atoms with Crippen molar-refractivity contribution in [2.45, 2.75) is 12.3 Å². The number of nitrogens with zero attached hydrogens (tertiary/aromatic N) is 2. The van der Waals surface area contributed by atoms with Crippen LogP contribution in [0, 0.1) is 0 Å². The molecule has 0 unspecified atom stereocenters. The summed E-state index contributed by atoms with van der Waals surface area (Å²) in [4.78, 5) is 16.7. The SMILES string of the molecule is O=C1C[C@@H](c2cccc(O)c2)c2ncn(-c3cccc(Cl)c3)c2N1. The van der Waals surface area contributed by atoms with Gasteiger partial charge in [0.2, 0.25) is 5.91 Å². The molecule has 120 valence electrons. The van der Waals surface area contributed by atoms with Gasteiger partial charge in [0.25, 0.3) is 0 Å². The molecule has 1 atom stereocenters. The lowest BCUT2D eigenvalue weighted by atomic mass is 9.90. The van der Waals surface area contributed by atoms with Crippen LogP contribution in [0.5, 0.6) is 5.75 Å². The van der Waals surface area contributed by atoms with Crippen molar-refractivity contribution in [3.05, 3.63) is 71.1 Å². The summed E-state index contributed by atoms with van der Waals surface area (Å²) in [6.07, 6.45) is 1.97. The summed E-state index contributed by atoms with van der Waals surface area (Å²) in [5, 5.41) is 13.2. The number of hydrogen-bond donors (Lipinski definition) is 2. The number of carbonyl (C=O) groups is 1. The van der Waals surface area contributed by atoms with Crippen LogP contribution in [0.1, 0.15) is 23.6 Å². The molecule has 0 saturated carbocycles. The zero-order valence-electron chi connectivity index (χ0n) is 12.6. The molecule has 6 heteroatoms. The number of aromatic nitrogens is 2. The fourth-order valence-electron chi connectivity index (χ4n) is 3.05. The Kier molecular flexibility index (Phi) is 3.50. The van der Waals surface area contributed by atoms with Crippen molar-refractivity contribution in [3.63, 3.8) is 0 Å². The quantitative estimate of drug-likeness (QED) is 0.748. The van der Waals surface area contributed by atoms with E-state index in [4.69, 9.17) is 11.6 Å². The molecule has 1 aliphatic rings. The summed E-state index contributed by atoms with van der Waals surface area (Å²) in [6, 6.07) is 14.3. The number of phenols is 1. The van der Waals surface area contributed by atoms with Crippen LogP contribution in [0.25, 0.3) is 5.69 Å². The molecule has 0 saturated heterocycles. The Labute approximate surface area is 143 Å². The highest BCUT2D eigenvalue weighted by atomic mass is 35.5. The van der Waals surface area contributed by atoms with Crippen molar-refractivity contribution in [2.75, 3.05) is 5.32 Å². The van der Waals surface area contributed by atoms with Gasteiger partial charge < -0.3 is 10.4 Å². The van der Waals surface area contributed by atoms with Gasteiger partial charge in [0.15, 0.2) is 0 Å². The number of amides is 1. The first-order valence-corrected chi connectivity index (χ1v) is 7.91. The number of hydrogen-bond acceptors (Lipinski definition) is 3. The van der Waals surface area contributed by atoms with Gasteiger partial charge in [0.05, 0.1) is 5.69 Å². The molecule has 0 fully saturated rings. The Hall–Kier alpha value is -2.79. The zero-order chi connectivity index (χ0) is 16.7. The third kappa shape index (κ3) is 2.53. The van der Waals surface area contributed by atoms with E-state index in [-0.39, 0.29) is 17.6 Å². The van der Waals surface area contributed by atoms with E-state index < -0.39 is 0 Å². The van der Waals surface area contributed by atoms with Crippen molar-refractivity contribution in [2.24, 2.45) is 0 Å². The predicted molar refractivity (Wildman–Crippen MR) is 91.8 cm³/mol. The van der Waals surface area contributed by atoms with Crippen LogP contribution in [0.4, 0.5) is 5.82 Å². The van der Waals surface area contributed by atoms with Gasteiger partial charge in [-0.1, -0.05) is 29.8 Å². The van der Waals surface area contributed by atoms with Gasteiger partial charge in [0.1, 0.15) is 17.9 Å². The lowest BCUT2D eigenvalue weighted by Crippen LogP contribution is -2.24. The Morgan fingerprint density at radius 1 is 1.21 bits per heavy atom. The molecule has 2 aromatic carbocycles. The van der Waals surface area contributed by atoms with Crippen molar-refractivity contribution in [1.29, 1.82) is 0 Å². The molecular weight excluding hydrogens is 326 g/mol. The van der Waals surface area contributed by atoms with Crippen LogP contribution in [0.15, 0.2) is 54.9 Å². The van der Waals surface area contributed by atoms with Crippen LogP contribution in [0.2, 0.25) is 5.02 Å². The fraction of sp³-hybridized carbons (Fsp3) is 0.111. The van der Waals surface area contributed by atoms with Crippen molar-refractivity contribution in [3.8, 4) is 11.4 Å². The highest BCUT2D eigenvalue weighted by Crippen LogP contribution is 2.38. The Bertz CT molecular complexity index is 936. The summed E-state index contributed by atoms with van der Waals surface area (Å²) in [5.41, 5.74) is 2.47. The second-order valence-electron chi connectivity index (χ2n) is 5.73. The van der Waals surface area contributed by atoms with E-state index in [0.29, 0.717) is 17.3 Å². The van der Waals surface area contributed by atoms with Crippen molar-refractivity contribution < 1.29 is 9.90 Å². The van der Waals surface area contributed by atoms with Gasteiger partial charge in [-0.15, -0.1) is 0 Å². The number of phenolic OH excluding ortho intramolecular Hbond substituents is 1. The average Bonchev–Trinajstić information content (AvgIpc) is 2.97.